The van der Waals surface area contributed by atoms with Gasteiger partial charge in [-0.05, 0) is 26.7 Å². The van der Waals surface area contributed by atoms with Crippen molar-refractivity contribution in [1.82, 2.24) is 0 Å². The van der Waals surface area contributed by atoms with E-state index in [1.807, 2.05) is 0 Å². The Hall–Kier alpha value is -0.860. The normalized spacial score (nSPS) is 27.5. The van der Waals surface area contributed by atoms with Crippen LogP contribution in [0.2, 0.25) is 0 Å². The van der Waals surface area contributed by atoms with Gasteiger partial charge in [-0.1, -0.05) is 0 Å². The van der Waals surface area contributed by atoms with E-state index in [1.54, 1.807) is 6.92 Å². The van der Waals surface area contributed by atoms with E-state index in [0.717, 1.165) is 12.8 Å². The van der Waals surface area contributed by atoms with Gasteiger partial charge in [0.15, 0.2) is 0 Å². The zero-order valence-corrected chi connectivity index (χ0v) is 7.50. The first kappa shape index (κ1) is 9.23. The van der Waals surface area contributed by atoms with E-state index in [0.29, 0.717) is 6.61 Å². The molecular weight excluding hydrogens is 156 g/mol. The highest BCUT2D eigenvalue weighted by molar-refractivity contribution is 5.86. The number of hydrogen-bond acceptors (Lipinski definition) is 3. The third kappa shape index (κ3) is 1.65. The second-order valence-corrected chi connectivity index (χ2v) is 3.15. The molecule has 0 N–H and O–H groups in total. The summed E-state index contributed by atoms with van der Waals surface area (Å²) in [4.78, 5) is 22.1. The highest BCUT2D eigenvalue weighted by Crippen LogP contribution is 2.35. The van der Waals surface area contributed by atoms with Gasteiger partial charge >= 0.3 is 5.97 Å². The Bertz CT molecular complexity index is 198. The van der Waals surface area contributed by atoms with Gasteiger partial charge in [0.05, 0.1) is 12.5 Å². The predicted octanol–water partition coefficient (Wildman–Crippen LogP) is 1.16. The van der Waals surface area contributed by atoms with Gasteiger partial charge in [-0.3, -0.25) is 9.59 Å². The van der Waals surface area contributed by atoms with Crippen LogP contribution in [0.15, 0.2) is 0 Å². The van der Waals surface area contributed by atoms with Crippen LogP contribution >= 0.6 is 0 Å². The Morgan fingerprint density at radius 3 is 2.25 bits per heavy atom. The van der Waals surface area contributed by atoms with Crippen molar-refractivity contribution in [3.63, 3.8) is 0 Å². The first-order valence-corrected chi connectivity index (χ1v) is 4.34. The lowest BCUT2D eigenvalue weighted by Crippen LogP contribution is -2.38. The maximum Gasteiger partial charge on any atom is 0.309 e. The van der Waals surface area contributed by atoms with Crippen LogP contribution in [0.1, 0.15) is 26.7 Å². The highest BCUT2D eigenvalue weighted by Gasteiger charge is 2.40. The van der Waals surface area contributed by atoms with E-state index >= 15 is 0 Å². The summed E-state index contributed by atoms with van der Waals surface area (Å²) in [6.07, 6.45) is 1.65. The molecule has 2 atom stereocenters. The lowest BCUT2D eigenvalue weighted by atomic mass is 9.72. The Kier molecular flexibility index (Phi) is 2.84. The number of esters is 1. The molecule has 3 nitrogen and oxygen atoms in total. The van der Waals surface area contributed by atoms with Gasteiger partial charge in [0.25, 0.3) is 0 Å². The summed E-state index contributed by atoms with van der Waals surface area (Å²) in [6, 6.07) is 0. The van der Waals surface area contributed by atoms with E-state index in [9.17, 15) is 9.59 Å². The molecule has 0 aromatic carbocycles. The molecule has 0 aliphatic heterocycles. The lowest BCUT2D eigenvalue weighted by Gasteiger charge is -2.32. The number of ketones is 1. The van der Waals surface area contributed by atoms with Crippen LogP contribution in [-0.2, 0) is 14.3 Å². The molecule has 1 fully saturated rings. The monoisotopic (exact) mass is 170 g/mol. The fourth-order valence-corrected chi connectivity index (χ4v) is 1.52. The predicted molar refractivity (Wildman–Crippen MR) is 43.5 cm³/mol. The molecule has 0 aromatic rings. The van der Waals surface area contributed by atoms with Gasteiger partial charge in [-0.15, -0.1) is 0 Å². The third-order valence-electron chi connectivity index (χ3n) is 2.39. The molecule has 0 spiro atoms. The van der Waals surface area contributed by atoms with Crippen LogP contribution in [0, 0.1) is 11.8 Å². The topological polar surface area (TPSA) is 43.4 Å². The summed E-state index contributed by atoms with van der Waals surface area (Å²) >= 11 is 0. The van der Waals surface area contributed by atoms with E-state index < -0.39 is 0 Å². The fourth-order valence-electron chi connectivity index (χ4n) is 1.52. The van der Waals surface area contributed by atoms with E-state index in [4.69, 9.17) is 4.74 Å². The molecule has 0 unspecified atom stereocenters. The zero-order valence-electron chi connectivity index (χ0n) is 7.50. The van der Waals surface area contributed by atoms with Crippen molar-refractivity contribution in [2.45, 2.75) is 26.7 Å². The highest BCUT2D eigenvalue weighted by atomic mass is 16.5. The molecule has 1 aliphatic carbocycles. The maximum atomic E-state index is 11.2. The molecule has 68 valence electrons. The standard InChI is InChI=1S/C9H14O3/c1-3-12-9(11)8-5-4-7(8)6(2)10/h7-8H,3-5H2,1-2H3/t7-,8-/m1/s1. The van der Waals surface area contributed by atoms with Gasteiger partial charge in [-0.25, -0.2) is 0 Å². The first-order chi connectivity index (χ1) is 5.66. The second-order valence-electron chi connectivity index (χ2n) is 3.15. The summed E-state index contributed by atoms with van der Waals surface area (Å²) in [5.41, 5.74) is 0. The van der Waals surface area contributed by atoms with Crippen molar-refractivity contribution in [2.75, 3.05) is 6.61 Å². The summed E-state index contributed by atoms with van der Waals surface area (Å²) in [7, 11) is 0. The zero-order chi connectivity index (χ0) is 9.14. The van der Waals surface area contributed by atoms with Gasteiger partial charge < -0.3 is 4.74 Å². The number of hydrogen-bond donors (Lipinski definition) is 0. The Morgan fingerprint density at radius 2 is 1.92 bits per heavy atom. The molecule has 0 bridgehead atoms. The largest absolute Gasteiger partial charge is 0.466 e. The van der Waals surface area contributed by atoms with Crippen LogP contribution < -0.4 is 0 Å². The second kappa shape index (κ2) is 3.70. The van der Waals surface area contributed by atoms with Gasteiger partial charge in [-0.2, -0.15) is 0 Å². The van der Waals surface area contributed by atoms with Gasteiger partial charge in [0, 0.05) is 5.92 Å². The van der Waals surface area contributed by atoms with Gasteiger partial charge in [0.1, 0.15) is 5.78 Å². The van der Waals surface area contributed by atoms with Crippen molar-refractivity contribution < 1.29 is 14.3 Å². The molecule has 0 amide bonds. The van der Waals surface area contributed by atoms with E-state index in [-0.39, 0.29) is 23.6 Å². The molecule has 0 aromatic heterocycles. The Morgan fingerprint density at radius 1 is 1.33 bits per heavy atom. The maximum absolute atomic E-state index is 11.2. The van der Waals surface area contributed by atoms with Crippen LogP contribution in [0.4, 0.5) is 0 Å². The number of carbonyl (C=O) groups excluding carboxylic acids is 2. The molecule has 0 heterocycles. The summed E-state index contributed by atoms with van der Waals surface area (Å²) in [5, 5.41) is 0. The minimum atomic E-state index is -0.205. The Labute approximate surface area is 72.1 Å². The van der Waals surface area contributed by atoms with Gasteiger partial charge in [0.2, 0.25) is 0 Å². The minimum absolute atomic E-state index is 0.0657. The molecule has 1 saturated carbocycles. The van der Waals surface area contributed by atoms with Crippen molar-refractivity contribution in [2.24, 2.45) is 11.8 Å². The van der Waals surface area contributed by atoms with E-state index in [1.165, 1.54) is 6.92 Å². The smallest absolute Gasteiger partial charge is 0.309 e. The molecular formula is C9H14O3. The summed E-state index contributed by atoms with van der Waals surface area (Å²) in [6.45, 7) is 3.72. The fraction of sp³-hybridized carbons (Fsp3) is 0.778. The van der Waals surface area contributed by atoms with Crippen molar-refractivity contribution in [3.8, 4) is 0 Å². The number of Topliss-reactive ketones (excluding diaryl/α,β-unsaturated/α-hetero) is 1. The minimum Gasteiger partial charge on any atom is -0.466 e. The average molecular weight is 170 g/mol. The third-order valence-corrected chi connectivity index (χ3v) is 2.39. The Balaban J connectivity index is 2.43. The molecule has 1 rings (SSSR count). The number of carbonyl (C=O) groups is 2. The summed E-state index contributed by atoms with van der Waals surface area (Å²) in [5.74, 6) is -0.310. The molecule has 12 heavy (non-hydrogen) atoms. The molecule has 3 heteroatoms. The van der Waals surface area contributed by atoms with Crippen LogP contribution in [0.5, 0.6) is 0 Å². The number of ether oxygens (including phenoxy) is 1. The SMILES string of the molecule is CCOC(=O)[C@@H]1CC[C@@H]1C(C)=O. The van der Waals surface area contributed by atoms with Crippen LogP contribution in [0.25, 0.3) is 0 Å². The number of rotatable bonds is 3. The molecule has 0 radical (unpaired) electrons. The van der Waals surface area contributed by atoms with Crippen molar-refractivity contribution in [1.29, 1.82) is 0 Å². The molecule has 0 saturated heterocycles. The van der Waals surface area contributed by atoms with Crippen molar-refractivity contribution in [3.05, 3.63) is 0 Å². The molecule has 1 aliphatic rings. The average Bonchev–Trinajstić information content (AvgIpc) is 1.82. The summed E-state index contributed by atoms with van der Waals surface area (Å²) < 4.78 is 4.84. The lowest BCUT2D eigenvalue weighted by molar-refractivity contribution is -0.157. The van der Waals surface area contributed by atoms with Crippen LogP contribution in [0.3, 0.4) is 0 Å². The van der Waals surface area contributed by atoms with Crippen LogP contribution in [-0.4, -0.2) is 18.4 Å². The van der Waals surface area contributed by atoms with Crippen molar-refractivity contribution >= 4 is 11.8 Å². The quantitative estimate of drug-likeness (QED) is 0.597. The van der Waals surface area contributed by atoms with E-state index in [2.05, 4.69) is 0 Å². The first-order valence-electron chi connectivity index (χ1n) is 4.34.